The van der Waals surface area contributed by atoms with Gasteiger partial charge >= 0.3 is 5.97 Å². The van der Waals surface area contributed by atoms with Gasteiger partial charge in [-0.25, -0.2) is 9.78 Å². The van der Waals surface area contributed by atoms with Gasteiger partial charge in [-0.3, -0.25) is 0 Å². The molecule has 4 nitrogen and oxygen atoms in total. The number of pyridine rings is 1. The van der Waals surface area contributed by atoms with Crippen LogP contribution in [0.3, 0.4) is 0 Å². The highest BCUT2D eigenvalue weighted by atomic mass is 32.1. The van der Waals surface area contributed by atoms with Gasteiger partial charge in [0, 0.05) is 11.1 Å². The monoisotopic (exact) mass is 222 g/mol. The minimum absolute atomic E-state index is 0.181. The van der Waals surface area contributed by atoms with Crippen molar-refractivity contribution in [1.29, 1.82) is 0 Å². The molecule has 3 N–H and O–H groups in total. The molecule has 0 bridgehead atoms. The van der Waals surface area contributed by atoms with Gasteiger partial charge < -0.3 is 10.8 Å². The van der Waals surface area contributed by atoms with Crippen molar-refractivity contribution in [3.8, 4) is 0 Å². The Morgan fingerprint density at radius 1 is 1.53 bits per heavy atom. The SMILES string of the molecule is Cc1cc(C)c2c(C(=O)O)c(N)sc2n1. The first-order chi connectivity index (χ1) is 7.00. The van der Waals surface area contributed by atoms with Crippen molar-refractivity contribution >= 4 is 32.5 Å². The van der Waals surface area contributed by atoms with E-state index >= 15 is 0 Å². The molecular formula is C10H10N2O2S. The van der Waals surface area contributed by atoms with Gasteiger partial charge in [0.2, 0.25) is 0 Å². The first-order valence-electron chi connectivity index (χ1n) is 4.40. The largest absolute Gasteiger partial charge is 0.478 e. The molecule has 0 spiro atoms. The minimum Gasteiger partial charge on any atom is -0.478 e. The van der Waals surface area contributed by atoms with Gasteiger partial charge in [0.25, 0.3) is 0 Å². The first kappa shape index (κ1) is 9.92. The number of anilines is 1. The van der Waals surface area contributed by atoms with E-state index in [-0.39, 0.29) is 5.56 Å². The molecule has 0 radical (unpaired) electrons. The van der Waals surface area contributed by atoms with E-state index in [2.05, 4.69) is 4.98 Å². The predicted octanol–water partition coefficient (Wildman–Crippen LogP) is 2.19. The summed E-state index contributed by atoms with van der Waals surface area (Å²) in [5.41, 5.74) is 7.63. The molecule has 0 fully saturated rings. The quantitative estimate of drug-likeness (QED) is 0.775. The van der Waals surface area contributed by atoms with Gasteiger partial charge in [0.1, 0.15) is 15.4 Å². The van der Waals surface area contributed by atoms with E-state index in [0.717, 1.165) is 11.3 Å². The van der Waals surface area contributed by atoms with Crippen molar-refractivity contribution in [2.24, 2.45) is 0 Å². The summed E-state index contributed by atoms with van der Waals surface area (Å²) in [6.07, 6.45) is 0. The molecule has 0 aliphatic heterocycles. The van der Waals surface area contributed by atoms with Gasteiger partial charge in [-0.05, 0) is 25.5 Å². The third-order valence-corrected chi connectivity index (χ3v) is 3.14. The van der Waals surface area contributed by atoms with Gasteiger partial charge in [0.05, 0.1) is 0 Å². The zero-order valence-corrected chi connectivity index (χ0v) is 9.18. The molecular weight excluding hydrogens is 212 g/mol. The van der Waals surface area contributed by atoms with Crippen molar-refractivity contribution in [2.75, 3.05) is 5.73 Å². The number of nitrogens with two attached hydrogens (primary N) is 1. The van der Waals surface area contributed by atoms with E-state index in [1.165, 1.54) is 11.3 Å². The van der Waals surface area contributed by atoms with Crippen LogP contribution in [0.5, 0.6) is 0 Å². The highest BCUT2D eigenvalue weighted by Gasteiger charge is 2.18. The number of nitrogen functional groups attached to an aromatic ring is 1. The summed E-state index contributed by atoms with van der Waals surface area (Å²) in [7, 11) is 0. The average molecular weight is 222 g/mol. The molecule has 0 amide bonds. The highest BCUT2D eigenvalue weighted by molar-refractivity contribution is 7.22. The van der Waals surface area contributed by atoms with Crippen molar-refractivity contribution in [2.45, 2.75) is 13.8 Å². The second-order valence-electron chi connectivity index (χ2n) is 3.41. The summed E-state index contributed by atoms with van der Waals surface area (Å²) in [5, 5.41) is 10.0. The predicted molar refractivity (Wildman–Crippen MR) is 60.5 cm³/mol. The van der Waals surface area contributed by atoms with Crippen molar-refractivity contribution in [3.05, 3.63) is 22.9 Å². The van der Waals surface area contributed by atoms with Crippen molar-refractivity contribution in [3.63, 3.8) is 0 Å². The number of nitrogens with zero attached hydrogens (tertiary/aromatic N) is 1. The zero-order valence-electron chi connectivity index (χ0n) is 8.37. The van der Waals surface area contributed by atoms with E-state index in [0.29, 0.717) is 15.2 Å². The van der Waals surface area contributed by atoms with Crippen molar-refractivity contribution in [1.82, 2.24) is 4.98 Å². The molecule has 5 heteroatoms. The number of carbonyl (C=O) groups is 1. The number of thiophene rings is 1. The highest BCUT2D eigenvalue weighted by Crippen LogP contribution is 2.34. The minimum atomic E-state index is -0.993. The summed E-state index contributed by atoms with van der Waals surface area (Å²) in [6.45, 7) is 3.75. The van der Waals surface area contributed by atoms with Crippen LogP contribution >= 0.6 is 11.3 Å². The molecule has 78 valence electrons. The van der Waals surface area contributed by atoms with E-state index in [4.69, 9.17) is 10.8 Å². The lowest BCUT2D eigenvalue weighted by atomic mass is 10.1. The van der Waals surface area contributed by atoms with Crippen LogP contribution in [-0.2, 0) is 0 Å². The van der Waals surface area contributed by atoms with Crippen LogP contribution in [0.1, 0.15) is 21.6 Å². The third kappa shape index (κ3) is 1.45. The molecule has 0 aromatic carbocycles. The van der Waals surface area contributed by atoms with E-state index in [1.54, 1.807) is 0 Å². The third-order valence-electron chi connectivity index (χ3n) is 2.23. The summed E-state index contributed by atoms with van der Waals surface area (Å²) in [5.74, 6) is -0.993. The van der Waals surface area contributed by atoms with E-state index in [1.807, 2.05) is 19.9 Å². The average Bonchev–Trinajstić information content (AvgIpc) is 2.40. The fourth-order valence-corrected chi connectivity index (χ4v) is 2.73. The number of hydrogen-bond acceptors (Lipinski definition) is 4. The molecule has 0 atom stereocenters. The lowest BCUT2D eigenvalue weighted by molar-refractivity contribution is 0.0700. The molecule has 2 heterocycles. The second kappa shape index (κ2) is 3.20. The number of aromatic carboxylic acids is 1. The number of carboxylic acid groups (broad SMARTS) is 1. The first-order valence-corrected chi connectivity index (χ1v) is 5.22. The van der Waals surface area contributed by atoms with Gasteiger partial charge in [-0.15, -0.1) is 0 Å². The maximum absolute atomic E-state index is 11.0. The summed E-state index contributed by atoms with van der Waals surface area (Å²) >= 11 is 1.22. The van der Waals surface area contributed by atoms with Crippen LogP contribution in [-0.4, -0.2) is 16.1 Å². The summed E-state index contributed by atoms with van der Waals surface area (Å²) < 4.78 is 0. The molecule has 0 unspecified atom stereocenters. The standard InChI is InChI=1S/C10H10N2O2S/c1-4-3-5(2)12-9-6(4)7(10(13)14)8(11)15-9/h3H,11H2,1-2H3,(H,13,14). The normalized spacial score (nSPS) is 10.8. The Labute approximate surface area is 90.4 Å². The van der Waals surface area contributed by atoms with Crippen LogP contribution in [0.2, 0.25) is 0 Å². The smallest absolute Gasteiger partial charge is 0.339 e. The Morgan fingerprint density at radius 2 is 2.20 bits per heavy atom. The molecule has 0 saturated carbocycles. The number of carboxylic acids is 1. The summed E-state index contributed by atoms with van der Waals surface area (Å²) in [6, 6.07) is 1.86. The van der Waals surface area contributed by atoms with Crippen LogP contribution in [0.15, 0.2) is 6.07 Å². The maximum Gasteiger partial charge on any atom is 0.339 e. The number of aromatic nitrogens is 1. The van der Waals surface area contributed by atoms with Crippen LogP contribution in [0, 0.1) is 13.8 Å². The molecule has 0 saturated heterocycles. The molecule has 2 rings (SSSR count). The Morgan fingerprint density at radius 3 is 2.80 bits per heavy atom. The zero-order chi connectivity index (χ0) is 11.2. The number of fused-ring (bicyclic) bond motifs is 1. The Balaban J connectivity index is 2.93. The lowest BCUT2D eigenvalue weighted by Crippen LogP contribution is -1.99. The molecule has 0 aliphatic rings. The van der Waals surface area contributed by atoms with Gasteiger partial charge in [-0.1, -0.05) is 11.3 Å². The second-order valence-corrected chi connectivity index (χ2v) is 4.44. The molecule has 15 heavy (non-hydrogen) atoms. The molecule has 2 aromatic heterocycles. The summed E-state index contributed by atoms with van der Waals surface area (Å²) in [4.78, 5) is 16.0. The van der Waals surface area contributed by atoms with Gasteiger partial charge in [0.15, 0.2) is 0 Å². The van der Waals surface area contributed by atoms with Crippen LogP contribution in [0.25, 0.3) is 10.2 Å². The van der Waals surface area contributed by atoms with E-state index < -0.39 is 5.97 Å². The molecule has 0 aliphatic carbocycles. The molecule has 2 aromatic rings. The number of aryl methyl sites for hydroxylation is 2. The van der Waals surface area contributed by atoms with Crippen LogP contribution in [0.4, 0.5) is 5.00 Å². The number of rotatable bonds is 1. The van der Waals surface area contributed by atoms with E-state index in [9.17, 15) is 4.79 Å². The fraction of sp³-hybridized carbons (Fsp3) is 0.200. The van der Waals surface area contributed by atoms with Gasteiger partial charge in [-0.2, -0.15) is 0 Å². The lowest BCUT2D eigenvalue weighted by Gasteiger charge is -1.99. The fourth-order valence-electron chi connectivity index (χ4n) is 1.67. The topological polar surface area (TPSA) is 76.2 Å². The van der Waals surface area contributed by atoms with Crippen LogP contribution < -0.4 is 5.73 Å². The number of hydrogen-bond donors (Lipinski definition) is 2. The van der Waals surface area contributed by atoms with Crippen molar-refractivity contribution < 1.29 is 9.90 Å². The Kier molecular flexibility index (Phi) is 2.12. The Hall–Kier alpha value is -1.62. The Bertz CT molecular complexity index is 560. The maximum atomic E-state index is 11.0.